The molecule has 0 fully saturated rings. The summed E-state index contributed by atoms with van der Waals surface area (Å²) in [7, 11) is -3.99. The highest BCUT2D eigenvalue weighted by Crippen LogP contribution is 2.37. The topological polar surface area (TPSA) is 74.6 Å². The van der Waals surface area contributed by atoms with E-state index in [-0.39, 0.29) is 21.3 Å². The van der Waals surface area contributed by atoms with Crippen LogP contribution in [-0.4, -0.2) is 18.6 Å². The Morgan fingerprint density at radius 2 is 1.33 bits per heavy atom. The number of aryl methyl sites for hydroxylation is 4. The van der Waals surface area contributed by atoms with E-state index < -0.39 is 9.84 Å². The van der Waals surface area contributed by atoms with E-state index in [1.807, 2.05) is 0 Å². The first kappa shape index (κ1) is 15.4. The first-order valence-corrected chi connectivity index (χ1v) is 7.98. The van der Waals surface area contributed by atoms with Crippen LogP contribution < -0.4 is 0 Å². The largest absolute Gasteiger partial charge is 0.507 e. The Balaban J connectivity index is 2.78. The van der Waals surface area contributed by atoms with Crippen molar-refractivity contribution in [2.24, 2.45) is 0 Å². The molecule has 0 radical (unpaired) electrons. The minimum atomic E-state index is -3.99. The van der Waals surface area contributed by atoms with E-state index in [9.17, 15) is 18.6 Å². The maximum Gasteiger partial charge on any atom is 0.214 e. The molecule has 0 atom stereocenters. The quantitative estimate of drug-likeness (QED) is 0.893. The molecule has 0 unspecified atom stereocenters. The van der Waals surface area contributed by atoms with Crippen LogP contribution in [0.5, 0.6) is 11.5 Å². The maximum atomic E-state index is 12.8. The normalized spacial score (nSPS) is 11.6. The molecule has 2 rings (SSSR count). The lowest BCUT2D eigenvalue weighted by Gasteiger charge is -2.13. The highest BCUT2D eigenvalue weighted by Gasteiger charge is 2.27. The number of phenols is 2. The van der Waals surface area contributed by atoms with E-state index in [4.69, 9.17) is 0 Å². The van der Waals surface area contributed by atoms with Crippen LogP contribution in [0.2, 0.25) is 0 Å². The molecule has 0 saturated heterocycles. The molecule has 0 spiro atoms. The number of rotatable bonds is 2. The van der Waals surface area contributed by atoms with Crippen LogP contribution in [0.15, 0.2) is 34.1 Å². The lowest BCUT2D eigenvalue weighted by Crippen LogP contribution is -2.06. The van der Waals surface area contributed by atoms with Crippen molar-refractivity contribution in [2.45, 2.75) is 37.5 Å². The van der Waals surface area contributed by atoms with Crippen molar-refractivity contribution < 1.29 is 18.6 Å². The van der Waals surface area contributed by atoms with Gasteiger partial charge in [0, 0.05) is 0 Å². The number of benzene rings is 2. The fourth-order valence-corrected chi connectivity index (χ4v) is 4.08. The summed E-state index contributed by atoms with van der Waals surface area (Å²) in [5, 5.41) is 20.0. The van der Waals surface area contributed by atoms with Crippen molar-refractivity contribution in [3.05, 3.63) is 46.5 Å². The molecule has 4 nitrogen and oxygen atoms in total. The first-order chi connectivity index (χ1) is 9.64. The van der Waals surface area contributed by atoms with E-state index in [1.54, 1.807) is 33.8 Å². The molecule has 112 valence electrons. The van der Waals surface area contributed by atoms with Gasteiger partial charge in [-0.25, -0.2) is 8.42 Å². The average Bonchev–Trinajstić information content (AvgIpc) is 2.31. The number of phenolic OH excluding ortho intramolecular Hbond substituents is 2. The van der Waals surface area contributed by atoms with Crippen molar-refractivity contribution in [3.63, 3.8) is 0 Å². The molecule has 0 amide bonds. The molecule has 0 aliphatic heterocycles. The SMILES string of the molecule is Cc1cc(C)c(S(=O)(=O)c2cc(C)c(C)cc2O)c(O)c1. The van der Waals surface area contributed by atoms with Gasteiger partial charge in [0.1, 0.15) is 21.3 Å². The molecule has 2 aromatic rings. The third-order valence-electron chi connectivity index (χ3n) is 3.53. The monoisotopic (exact) mass is 306 g/mol. The lowest BCUT2D eigenvalue weighted by molar-refractivity contribution is 0.451. The third-order valence-corrected chi connectivity index (χ3v) is 5.51. The fourth-order valence-electron chi connectivity index (χ4n) is 2.38. The molecule has 0 aromatic heterocycles. The van der Waals surface area contributed by atoms with Gasteiger partial charge in [0.15, 0.2) is 0 Å². The molecule has 0 aliphatic carbocycles. The summed E-state index contributed by atoms with van der Waals surface area (Å²) in [6, 6.07) is 5.93. The van der Waals surface area contributed by atoms with Crippen molar-refractivity contribution in [2.75, 3.05) is 0 Å². The van der Waals surface area contributed by atoms with Gasteiger partial charge in [-0.15, -0.1) is 0 Å². The summed E-state index contributed by atoms with van der Waals surface area (Å²) >= 11 is 0. The lowest BCUT2D eigenvalue weighted by atomic mass is 10.1. The minimum absolute atomic E-state index is 0.161. The molecule has 0 saturated carbocycles. The smallest absolute Gasteiger partial charge is 0.214 e. The summed E-state index contributed by atoms with van der Waals surface area (Å²) in [5.41, 5.74) is 2.78. The van der Waals surface area contributed by atoms with Crippen molar-refractivity contribution in [1.29, 1.82) is 0 Å². The number of sulfone groups is 1. The summed E-state index contributed by atoms with van der Waals surface area (Å²) in [5.74, 6) is -0.609. The van der Waals surface area contributed by atoms with Crippen LogP contribution in [-0.2, 0) is 9.84 Å². The second kappa shape index (κ2) is 5.07. The Morgan fingerprint density at radius 1 is 0.762 bits per heavy atom. The van der Waals surface area contributed by atoms with Crippen LogP contribution in [0.25, 0.3) is 0 Å². The molecule has 5 heteroatoms. The van der Waals surface area contributed by atoms with E-state index in [0.29, 0.717) is 5.56 Å². The summed E-state index contributed by atoms with van der Waals surface area (Å²) in [4.78, 5) is -0.348. The standard InChI is InChI=1S/C16H18O4S/c1-9-5-12(4)16(14(18)6-9)21(19,20)15-8-11(3)10(2)7-13(15)17/h5-8,17-18H,1-4H3. The predicted octanol–water partition coefficient (Wildman–Crippen LogP) is 3.16. The third kappa shape index (κ3) is 2.61. The summed E-state index contributed by atoms with van der Waals surface area (Å²) < 4.78 is 25.5. The Labute approximate surface area is 124 Å². The molecule has 2 N–H and O–H groups in total. The highest BCUT2D eigenvalue weighted by molar-refractivity contribution is 7.91. The zero-order valence-electron chi connectivity index (χ0n) is 12.4. The number of hydrogen-bond acceptors (Lipinski definition) is 4. The average molecular weight is 306 g/mol. The Bertz CT molecular complexity index is 797. The van der Waals surface area contributed by atoms with E-state index in [1.165, 1.54) is 18.2 Å². The van der Waals surface area contributed by atoms with E-state index in [0.717, 1.165) is 16.7 Å². The highest BCUT2D eigenvalue weighted by atomic mass is 32.2. The van der Waals surface area contributed by atoms with Gasteiger partial charge in [0.2, 0.25) is 9.84 Å². The van der Waals surface area contributed by atoms with Gasteiger partial charge >= 0.3 is 0 Å². The van der Waals surface area contributed by atoms with Crippen LogP contribution >= 0.6 is 0 Å². The summed E-state index contributed by atoms with van der Waals surface area (Å²) in [6.07, 6.45) is 0. The van der Waals surface area contributed by atoms with Gasteiger partial charge in [-0.2, -0.15) is 0 Å². The fraction of sp³-hybridized carbons (Fsp3) is 0.250. The second-order valence-corrected chi connectivity index (χ2v) is 7.19. The number of aromatic hydroxyl groups is 2. The molecule has 0 aliphatic rings. The Morgan fingerprint density at radius 3 is 1.90 bits per heavy atom. The van der Waals surface area contributed by atoms with Gasteiger partial charge in [-0.1, -0.05) is 6.07 Å². The van der Waals surface area contributed by atoms with Gasteiger partial charge < -0.3 is 10.2 Å². The van der Waals surface area contributed by atoms with E-state index in [2.05, 4.69) is 0 Å². The van der Waals surface area contributed by atoms with Gasteiger partial charge in [-0.05, 0) is 68.1 Å². The first-order valence-electron chi connectivity index (χ1n) is 6.50. The van der Waals surface area contributed by atoms with Crippen molar-refractivity contribution >= 4 is 9.84 Å². The predicted molar refractivity (Wildman–Crippen MR) is 80.6 cm³/mol. The van der Waals surface area contributed by atoms with Crippen LogP contribution in [0.1, 0.15) is 22.3 Å². The van der Waals surface area contributed by atoms with Gasteiger partial charge in [0.25, 0.3) is 0 Å². The summed E-state index contributed by atoms with van der Waals surface area (Å²) in [6.45, 7) is 6.96. The van der Waals surface area contributed by atoms with E-state index >= 15 is 0 Å². The molecule has 2 aromatic carbocycles. The molecular weight excluding hydrogens is 288 g/mol. The Kier molecular flexibility index (Phi) is 3.72. The van der Waals surface area contributed by atoms with Crippen molar-refractivity contribution in [3.8, 4) is 11.5 Å². The van der Waals surface area contributed by atoms with Gasteiger partial charge in [0.05, 0.1) is 0 Å². The molecule has 0 bridgehead atoms. The molecular formula is C16H18O4S. The number of hydrogen-bond donors (Lipinski definition) is 2. The second-order valence-electron chi connectivity index (χ2n) is 5.34. The molecule has 0 heterocycles. The van der Waals surface area contributed by atoms with Gasteiger partial charge in [-0.3, -0.25) is 0 Å². The Hall–Kier alpha value is -2.01. The maximum absolute atomic E-state index is 12.8. The minimum Gasteiger partial charge on any atom is -0.507 e. The van der Waals surface area contributed by atoms with Crippen LogP contribution in [0.4, 0.5) is 0 Å². The van der Waals surface area contributed by atoms with Crippen LogP contribution in [0, 0.1) is 27.7 Å². The zero-order valence-corrected chi connectivity index (χ0v) is 13.2. The molecule has 21 heavy (non-hydrogen) atoms. The van der Waals surface area contributed by atoms with Crippen LogP contribution in [0.3, 0.4) is 0 Å². The zero-order chi connectivity index (χ0) is 15.9. The van der Waals surface area contributed by atoms with Crippen molar-refractivity contribution in [1.82, 2.24) is 0 Å².